The molecule has 3 heteroatoms. The molecule has 1 aliphatic rings. The van der Waals surface area contributed by atoms with E-state index in [0.29, 0.717) is 5.92 Å². The fourth-order valence-electron chi connectivity index (χ4n) is 2.53. The quantitative estimate of drug-likeness (QED) is 0.815. The Morgan fingerprint density at radius 1 is 1.29 bits per heavy atom. The summed E-state index contributed by atoms with van der Waals surface area (Å²) in [6.45, 7) is 0.891. The van der Waals surface area contributed by atoms with Crippen LogP contribution >= 0.6 is 0 Å². The standard InChI is InChI=1S/C14H20N2O/c15-14(17)13(12-8-2-1-3-9-12)16-10-11-6-4-5-7-11/h1-3,8-9,11,13,16H,4-7,10H2,(H2,15,17)/t13-/m0/s1. The van der Waals surface area contributed by atoms with Gasteiger partial charge in [0.2, 0.25) is 5.91 Å². The minimum atomic E-state index is -0.350. The summed E-state index contributed by atoms with van der Waals surface area (Å²) in [4.78, 5) is 11.5. The second-order valence-electron chi connectivity index (χ2n) is 4.80. The molecule has 0 aromatic heterocycles. The van der Waals surface area contributed by atoms with E-state index >= 15 is 0 Å². The molecular formula is C14H20N2O. The van der Waals surface area contributed by atoms with Gasteiger partial charge in [0, 0.05) is 0 Å². The zero-order chi connectivity index (χ0) is 12.1. The molecule has 3 N–H and O–H groups in total. The molecule has 2 rings (SSSR count). The summed E-state index contributed by atoms with van der Waals surface area (Å²) in [7, 11) is 0. The molecule has 1 amide bonds. The zero-order valence-corrected chi connectivity index (χ0v) is 10.1. The van der Waals surface area contributed by atoms with Gasteiger partial charge in [-0.05, 0) is 30.9 Å². The molecule has 0 spiro atoms. The van der Waals surface area contributed by atoms with Crippen LogP contribution in [0, 0.1) is 5.92 Å². The van der Waals surface area contributed by atoms with E-state index in [4.69, 9.17) is 5.73 Å². The van der Waals surface area contributed by atoms with Crippen molar-refractivity contribution in [2.24, 2.45) is 11.7 Å². The van der Waals surface area contributed by atoms with E-state index in [-0.39, 0.29) is 11.9 Å². The van der Waals surface area contributed by atoms with Crippen LogP contribution in [0.5, 0.6) is 0 Å². The second-order valence-corrected chi connectivity index (χ2v) is 4.80. The van der Waals surface area contributed by atoms with Crippen molar-refractivity contribution in [3.63, 3.8) is 0 Å². The Bertz CT molecular complexity index is 358. The Hall–Kier alpha value is -1.35. The Morgan fingerprint density at radius 3 is 2.53 bits per heavy atom. The van der Waals surface area contributed by atoms with Crippen LogP contribution in [0.4, 0.5) is 0 Å². The van der Waals surface area contributed by atoms with E-state index in [9.17, 15) is 4.79 Å². The highest BCUT2D eigenvalue weighted by molar-refractivity contribution is 5.81. The topological polar surface area (TPSA) is 55.1 Å². The van der Waals surface area contributed by atoms with Crippen LogP contribution in [0.3, 0.4) is 0 Å². The van der Waals surface area contributed by atoms with Gasteiger partial charge in [0.15, 0.2) is 0 Å². The smallest absolute Gasteiger partial charge is 0.239 e. The van der Waals surface area contributed by atoms with E-state index in [0.717, 1.165) is 12.1 Å². The summed E-state index contributed by atoms with van der Waals surface area (Å²) in [6.07, 6.45) is 5.18. The summed E-state index contributed by atoms with van der Waals surface area (Å²) >= 11 is 0. The first kappa shape index (κ1) is 12.1. The zero-order valence-electron chi connectivity index (χ0n) is 10.1. The molecule has 0 aliphatic heterocycles. The lowest BCUT2D eigenvalue weighted by Gasteiger charge is -2.18. The van der Waals surface area contributed by atoms with Crippen LogP contribution < -0.4 is 11.1 Å². The predicted molar refractivity (Wildman–Crippen MR) is 68.3 cm³/mol. The maximum absolute atomic E-state index is 11.5. The highest BCUT2D eigenvalue weighted by Crippen LogP contribution is 2.24. The third kappa shape index (κ3) is 3.30. The van der Waals surface area contributed by atoms with Gasteiger partial charge in [-0.1, -0.05) is 43.2 Å². The third-order valence-electron chi connectivity index (χ3n) is 3.50. The molecule has 1 atom stereocenters. The molecule has 0 bridgehead atoms. The molecule has 1 fully saturated rings. The maximum atomic E-state index is 11.5. The van der Waals surface area contributed by atoms with Gasteiger partial charge in [0.25, 0.3) is 0 Å². The number of hydrogen-bond donors (Lipinski definition) is 2. The van der Waals surface area contributed by atoms with Crippen molar-refractivity contribution in [1.82, 2.24) is 5.32 Å². The molecule has 0 heterocycles. The van der Waals surface area contributed by atoms with Crippen LogP contribution in [-0.2, 0) is 4.79 Å². The first-order chi connectivity index (χ1) is 8.27. The van der Waals surface area contributed by atoms with Gasteiger partial charge >= 0.3 is 0 Å². The third-order valence-corrected chi connectivity index (χ3v) is 3.50. The summed E-state index contributed by atoms with van der Waals surface area (Å²) in [6, 6.07) is 9.34. The van der Waals surface area contributed by atoms with E-state index < -0.39 is 0 Å². The van der Waals surface area contributed by atoms with Crippen LogP contribution in [0.2, 0.25) is 0 Å². The van der Waals surface area contributed by atoms with E-state index in [1.165, 1.54) is 25.7 Å². The van der Waals surface area contributed by atoms with Gasteiger partial charge in [0.1, 0.15) is 6.04 Å². The molecule has 3 nitrogen and oxygen atoms in total. The molecule has 0 radical (unpaired) electrons. The summed E-state index contributed by atoms with van der Waals surface area (Å²) in [5, 5.41) is 3.30. The molecule has 17 heavy (non-hydrogen) atoms. The largest absolute Gasteiger partial charge is 0.368 e. The number of rotatable bonds is 5. The number of carbonyl (C=O) groups excluding carboxylic acids is 1. The molecular weight excluding hydrogens is 212 g/mol. The van der Waals surface area contributed by atoms with Crippen LogP contribution in [0.25, 0.3) is 0 Å². The molecule has 92 valence electrons. The van der Waals surface area contributed by atoms with Crippen molar-refractivity contribution in [2.75, 3.05) is 6.54 Å². The highest BCUT2D eigenvalue weighted by Gasteiger charge is 2.20. The lowest BCUT2D eigenvalue weighted by molar-refractivity contribution is -0.120. The van der Waals surface area contributed by atoms with Crippen molar-refractivity contribution < 1.29 is 4.79 Å². The number of amides is 1. The minimum Gasteiger partial charge on any atom is -0.368 e. The van der Waals surface area contributed by atoms with Crippen molar-refractivity contribution in [1.29, 1.82) is 0 Å². The fourth-order valence-corrected chi connectivity index (χ4v) is 2.53. The van der Waals surface area contributed by atoms with Crippen molar-refractivity contribution in [3.05, 3.63) is 35.9 Å². The molecule has 1 saturated carbocycles. The van der Waals surface area contributed by atoms with E-state index in [2.05, 4.69) is 5.32 Å². The number of nitrogens with one attached hydrogen (secondary N) is 1. The van der Waals surface area contributed by atoms with Gasteiger partial charge in [-0.15, -0.1) is 0 Å². The van der Waals surface area contributed by atoms with Gasteiger partial charge in [-0.25, -0.2) is 0 Å². The molecule has 1 aliphatic carbocycles. The van der Waals surface area contributed by atoms with Gasteiger partial charge < -0.3 is 11.1 Å². The van der Waals surface area contributed by atoms with Crippen LogP contribution in [0.1, 0.15) is 37.3 Å². The number of nitrogens with two attached hydrogens (primary N) is 1. The number of carbonyl (C=O) groups is 1. The number of hydrogen-bond acceptors (Lipinski definition) is 2. The minimum absolute atomic E-state index is 0.297. The number of benzene rings is 1. The lowest BCUT2D eigenvalue weighted by atomic mass is 10.0. The summed E-state index contributed by atoms with van der Waals surface area (Å²) < 4.78 is 0. The molecule has 0 unspecified atom stereocenters. The van der Waals surface area contributed by atoms with E-state index in [1.54, 1.807) is 0 Å². The van der Waals surface area contributed by atoms with Crippen molar-refractivity contribution >= 4 is 5.91 Å². The Labute approximate surface area is 102 Å². The van der Waals surface area contributed by atoms with Crippen molar-refractivity contribution in [2.45, 2.75) is 31.7 Å². The van der Waals surface area contributed by atoms with Gasteiger partial charge in [0.05, 0.1) is 0 Å². The molecule has 0 saturated heterocycles. The summed E-state index contributed by atoms with van der Waals surface area (Å²) in [5.41, 5.74) is 6.41. The fraction of sp³-hybridized carbons (Fsp3) is 0.500. The van der Waals surface area contributed by atoms with Gasteiger partial charge in [-0.3, -0.25) is 4.79 Å². The Kier molecular flexibility index (Phi) is 4.15. The average molecular weight is 232 g/mol. The Morgan fingerprint density at radius 2 is 1.94 bits per heavy atom. The highest BCUT2D eigenvalue weighted by atomic mass is 16.1. The van der Waals surface area contributed by atoms with Gasteiger partial charge in [-0.2, -0.15) is 0 Å². The first-order valence-electron chi connectivity index (χ1n) is 6.35. The predicted octanol–water partition coefficient (Wildman–Crippen LogP) is 1.99. The number of primary amides is 1. The van der Waals surface area contributed by atoms with Crippen LogP contribution in [-0.4, -0.2) is 12.5 Å². The average Bonchev–Trinajstić information content (AvgIpc) is 2.83. The maximum Gasteiger partial charge on any atom is 0.239 e. The van der Waals surface area contributed by atoms with Crippen molar-refractivity contribution in [3.8, 4) is 0 Å². The SMILES string of the molecule is NC(=O)[C@@H](NCC1CCCC1)c1ccccc1. The van der Waals surface area contributed by atoms with E-state index in [1.807, 2.05) is 30.3 Å². The second kappa shape index (κ2) is 5.82. The Balaban J connectivity index is 1.95. The monoisotopic (exact) mass is 232 g/mol. The summed E-state index contributed by atoms with van der Waals surface area (Å²) in [5.74, 6) is 0.412. The van der Waals surface area contributed by atoms with Crippen LogP contribution in [0.15, 0.2) is 30.3 Å². The normalized spacial score (nSPS) is 18.1. The lowest BCUT2D eigenvalue weighted by Crippen LogP contribution is -2.36. The molecule has 1 aromatic rings. The molecule has 1 aromatic carbocycles. The first-order valence-corrected chi connectivity index (χ1v) is 6.35.